The van der Waals surface area contributed by atoms with E-state index >= 15 is 0 Å². The highest BCUT2D eigenvalue weighted by Crippen LogP contribution is 2.35. The number of hydrogen-bond donors (Lipinski definition) is 3. The quantitative estimate of drug-likeness (QED) is 0.648. The van der Waals surface area contributed by atoms with Crippen LogP contribution in [0, 0.1) is 0 Å². The number of benzene rings is 1. The van der Waals surface area contributed by atoms with Gasteiger partial charge in [0.1, 0.15) is 0 Å². The van der Waals surface area contributed by atoms with E-state index in [9.17, 15) is 4.57 Å². The van der Waals surface area contributed by atoms with Gasteiger partial charge in [0.15, 0.2) is 0 Å². The van der Waals surface area contributed by atoms with E-state index in [1.807, 2.05) is 5.09 Å². The molecule has 1 rings (SSSR count). The Bertz CT molecular complexity index is 307. The molecule has 0 aliphatic rings. The SMILES string of the molecule is O=P(O)(O)Nc1ccc(Cl)cc1. The van der Waals surface area contributed by atoms with Crippen LogP contribution in [0.5, 0.6) is 0 Å². The number of hydrogen-bond acceptors (Lipinski definition) is 1. The van der Waals surface area contributed by atoms with Crippen LogP contribution in [-0.2, 0) is 4.57 Å². The highest BCUT2D eigenvalue weighted by Gasteiger charge is 2.11. The predicted molar refractivity (Wildman–Crippen MR) is 47.1 cm³/mol. The molecule has 12 heavy (non-hydrogen) atoms. The molecule has 0 saturated heterocycles. The van der Waals surface area contributed by atoms with E-state index in [0.29, 0.717) is 10.7 Å². The summed E-state index contributed by atoms with van der Waals surface area (Å²) in [7, 11) is -4.20. The van der Waals surface area contributed by atoms with Crippen LogP contribution in [0.2, 0.25) is 5.02 Å². The molecule has 0 unspecified atom stereocenters. The van der Waals surface area contributed by atoms with Crippen molar-refractivity contribution < 1.29 is 14.4 Å². The highest BCUT2D eigenvalue weighted by atomic mass is 35.5. The molecule has 4 nitrogen and oxygen atoms in total. The highest BCUT2D eigenvalue weighted by molar-refractivity contribution is 7.53. The summed E-state index contributed by atoms with van der Waals surface area (Å²) < 4.78 is 10.4. The fraction of sp³-hybridized carbons (Fsp3) is 0. The third kappa shape index (κ3) is 3.24. The van der Waals surface area contributed by atoms with Crippen molar-refractivity contribution in [2.75, 3.05) is 5.09 Å². The first-order chi connectivity index (χ1) is 5.47. The van der Waals surface area contributed by atoms with Crippen LogP contribution >= 0.6 is 19.3 Å². The molecule has 0 saturated carbocycles. The molecule has 0 aliphatic heterocycles. The van der Waals surface area contributed by atoms with E-state index in [1.54, 1.807) is 12.1 Å². The molecule has 1 aromatic rings. The van der Waals surface area contributed by atoms with Crippen molar-refractivity contribution in [3.05, 3.63) is 29.3 Å². The smallest absolute Gasteiger partial charge is 0.308 e. The Labute approximate surface area is 74.4 Å². The maximum absolute atomic E-state index is 10.4. The maximum Gasteiger partial charge on any atom is 0.427 e. The van der Waals surface area contributed by atoms with Crippen LogP contribution in [0.15, 0.2) is 24.3 Å². The molecule has 0 bridgehead atoms. The van der Waals surface area contributed by atoms with Gasteiger partial charge in [0, 0.05) is 10.7 Å². The van der Waals surface area contributed by atoms with Gasteiger partial charge in [-0.2, -0.15) is 0 Å². The monoisotopic (exact) mass is 207 g/mol. The second-order valence-corrected chi connectivity index (χ2v) is 3.91. The van der Waals surface area contributed by atoms with Crippen molar-refractivity contribution in [1.82, 2.24) is 0 Å². The van der Waals surface area contributed by atoms with Gasteiger partial charge in [0.25, 0.3) is 0 Å². The molecule has 0 atom stereocenters. The molecule has 0 aromatic heterocycles. The number of anilines is 1. The van der Waals surface area contributed by atoms with Crippen molar-refractivity contribution in [1.29, 1.82) is 0 Å². The third-order valence-electron chi connectivity index (χ3n) is 1.12. The lowest BCUT2D eigenvalue weighted by Gasteiger charge is -2.06. The fourth-order valence-electron chi connectivity index (χ4n) is 0.693. The van der Waals surface area contributed by atoms with Crippen LogP contribution in [0.1, 0.15) is 0 Å². The Morgan fingerprint density at radius 3 is 2.17 bits per heavy atom. The Kier molecular flexibility index (Phi) is 2.75. The molecule has 0 spiro atoms. The minimum atomic E-state index is -4.20. The van der Waals surface area contributed by atoms with E-state index in [2.05, 4.69) is 0 Å². The average Bonchev–Trinajstić information content (AvgIpc) is 1.91. The zero-order valence-electron chi connectivity index (χ0n) is 5.94. The summed E-state index contributed by atoms with van der Waals surface area (Å²) in [4.78, 5) is 17.0. The van der Waals surface area contributed by atoms with Crippen molar-refractivity contribution >= 4 is 25.0 Å². The van der Waals surface area contributed by atoms with Gasteiger partial charge in [0.2, 0.25) is 0 Å². The molecular formula is C6H7ClNO3P. The topological polar surface area (TPSA) is 69.6 Å². The maximum atomic E-state index is 10.4. The lowest BCUT2D eigenvalue weighted by Crippen LogP contribution is -1.93. The Hall–Kier alpha value is -0.540. The van der Waals surface area contributed by atoms with Crippen LogP contribution < -0.4 is 5.09 Å². The van der Waals surface area contributed by atoms with E-state index < -0.39 is 7.75 Å². The van der Waals surface area contributed by atoms with Crippen molar-refractivity contribution in [3.63, 3.8) is 0 Å². The second-order valence-electron chi connectivity index (χ2n) is 2.16. The zero-order chi connectivity index (χ0) is 9.19. The predicted octanol–water partition coefficient (Wildman–Crippen LogP) is 1.84. The summed E-state index contributed by atoms with van der Waals surface area (Å²) in [6, 6.07) is 6.06. The Balaban J connectivity index is 2.78. The summed E-state index contributed by atoms with van der Waals surface area (Å²) in [6.45, 7) is 0. The number of halogens is 1. The Morgan fingerprint density at radius 2 is 1.75 bits per heavy atom. The van der Waals surface area contributed by atoms with Crippen LogP contribution in [0.3, 0.4) is 0 Å². The molecule has 0 amide bonds. The number of nitrogens with one attached hydrogen (secondary N) is 1. The first-order valence-corrected chi connectivity index (χ1v) is 5.06. The van der Waals surface area contributed by atoms with E-state index in [0.717, 1.165) is 0 Å². The van der Waals surface area contributed by atoms with Gasteiger partial charge in [-0.1, -0.05) is 11.6 Å². The van der Waals surface area contributed by atoms with Gasteiger partial charge in [-0.05, 0) is 24.3 Å². The molecule has 0 aliphatic carbocycles. The van der Waals surface area contributed by atoms with Gasteiger partial charge >= 0.3 is 7.75 Å². The van der Waals surface area contributed by atoms with Crippen molar-refractivity contribution in [3.8, 4) is 0 Å². The third-order valence-corrected chi connectivity index (χ3v) is 1.92. The molecule has 6 heteroatoms. The van der Waals surface area contributed by atoms with Crippen molar-refractivity contribution in [2.45, 2.75) is 0 Å². The average molecular weight is 208 g/mol. The second kappa shape index (κ2) is 3.46. The van der Waals surface area contributed by atoms with E-state index in [4.69, 9.17) is 21.4 Å². The molecule has 0 radical (unpaired) electrons. The molecule has 0 fully saturated rings. The minimum absolute atomic E-state index is 0.340. The van der Waals surface area contributed by atoms with Gasteiger partial charge in [-0.15, -0.1) is 0 Å². The normalized spacial score (nSPS) is 11.2. The summed E-state index contributed by atoms with van der Waals surface area (Å²) >= 11 is 5.56. The van der Waals surface area contributed by atoms with Crippen LogP contribution in [-0.4, -0.2) is 9.79 Å². The number of rotatable bonds is 2. The first-order valence-electron chi connectivity index (χ1n) is 3.07. The Morgan fingerprint density at radius 1 is 1.25 bits per heavy atom. The van der Waals surface area contributed by atoms with Gasteiger partial charge < -0.3 is 9.79 Å². The van der Waals surface area contributed by atoms with Gasteiger partial charge in [0.05, 0.1) is 0 Å². The van der Waals surface area contributed by atoms with Crippen LogP contribution in [0.4, 0.5) is 5.69 Å². The standard InChI is InChI=1S/C6H7ClNO3P/c7-5-1-3-6(4-2-5)8-12(9,10)11/h1-4H,(H3,8,9,10,11). The van der Waals surface area contributed by atoms with Gasteiger partial charge in [-0.25, -0.2) is 4.57 Å². The molecule has 0 heterocycles. The van der Waals surface area contributed by atoms with Gasteiger partial charge in [-0.3, -0.25) is 5.09 Å². The summed E-state index contributed by atoms with van der Waals surface area (Å²) in [5, 5.41) is 2.54. The molecular weight excluding hydrogens is 200 g/mol. The first kappa shape index (κ1) is 9.55. The molecule has 66 valence electrons. The van der Waals surface area contributed by atoms with Crippen LogP contribution in [0.25, 0.3) is 0 Å². The van der Waals surface area contributed by atoms with E-state index in [-0.39, 0.29) is 0 Å². The summed E-state index contributed by atoms with van der Waals surface area (Å²) in [6.07, 6.45) is 0. The van der Waals surface area contributed by atoms with E-state index in [1.165, 1.54) is 12.1 Å². The lowest BCUT2D eigenvalue weighted by molar-refractivity contribution is 0.380. The minimum Gasteiger partial charge on any atom is -0.308 e. The fourth-order valence-corrected chi connectivity index (χ4v) is 1.30. The molecule has 1 aromatic carbocycles. The zero-order valence-corrected chi connectivity index (χ0v) is 7.59. The molecule has 3 N–H and O–H groups in total. The summed E-state index contributed by atoms with van der Waals surface area (Å²) in [5.41, 5.74) is 0.340. The summed E-state index contributed by atoms with van der Waals surface area (Å²) in [5.74, 6) is 0. The lowest BCUT2D eigenvalue weighted by atomic mass is 10.3. The largest absolute Gasteiger partial charge is 0.427 e. The van der Waals surface area contributed by atoms with Crippen molar-refractivity contribution in [2.24, 2.45) is 0 Å².